The van der Waals surface area contributed by atoms with Crippen molar-refractivity contribution in [2.75, 3.05) is 7.05 Å². The lowest BCUT2D eigenvalue weighted by atomic mass is 10.3. The lowest BCUT2D eigenvalue weighted by Gasteiger charge is -2.11. The van der Waals surface area contributed by atoms with Crippen molar-refractivity contribution in [2.24, 2.45) is 19.1 Å². The molecule has 114 valence electrons. The van der Waals surface area contributed by atoms with Gasteiger partial charge in [-0.05, 0) is 6.07 Å². The van der Waals surface area contributed by atoms with Gasteiger partial charge in [0, 0.05) is 45.1 Å². The molecule has 6 nitrogen and oxygen atoms in total. The molecule has 0 aromatic carbocycles. The van der Waals surface area contributed by atoms with Crippen molar-refractivity contribution in [1.82, 2.24) is 25.0 Å². The van der Waals surface area contributed by atoms with Crippen LogP contribution < -0.4 is 10.6 Å². The number of nitrogens with zero attached hydrogens (tertiary/aromatic N) is 4. The normalized spacial score (nSPS) is 11.8. The molecule has 2 N–H and O–H groups in total. The Morgan fingerprint density at radius 3 is 2.52 bits per heavy atom. The molecule has 0 radical (unpaired) electrons. The molecule has 0 unspecified atom stereocenters. The van der Waals surface area contributed by atoms with E-state index in [2.05, 4.69) is 20.7 Å². The zero-order valence-electron chi connectivity index (χ0n) is 12.2. The van der Waals surface area contributed by atoms with E-state index in [9.17, 15) is 0 Å². The SMILES string of the molecule is CN=C(NCc1cnn(C)c1)NCc1cc(Cl)c(Cl)n1C. The maximum Gasteiger partial charge on any atom is 0.191 e. The monoisotopic (exact) mass is 328 g/mol. The summed E-state index contributed by atoms with van der Waals surface area (Å²) in [7, 11) is 5.49. The highest BCUT2D eigenvalue weighted by molar-refractivity contribution is 6.41. The van der Waals surface area contributed by atoms with Crippen molar-refractivity contribution in [3.63, 3.8) is 0 Å². The van der Waals surface area contributed by atoms with E-state index >= 15 is 0 Å². The maximum absolute atomic E-state index is 6.04. The van der Waals surface area contributed by atoms with Gasteiger partial charge in [-0.3, -0.25) is 9.67 Å². The van der Waals surface area contributed by atoms with Crippen LogP contribution in [0.1, 0.15) is 11.3 Å². The molecule has 0 aliphatic carbocycles. The molecule has 0 bridgehead atoms. The topological polar surface area (TPSA) is 59.2 Å². The third-order valence-electron chi connectivity index (χ3n) is 3.09. The lowest BCUT2D eigenvalue weighted by Crippen LogP contribution is -2.36. The van der Waals surface area contributed by atoms with Gasteiger partial charge in [-0.1, -0.05) is 23.2 Å². The Bertz CT molecular complexity index is 643. The number of guanidine groups is 1. The summed E-state index contributed by atoms with van der Waals surface area (Å²) in [5, 5.41) is 11.6. The zero-order chi connectivity index (χ0) is 15.4. The van der Waals surface area contributed by atoms with Crippen LogP contribution in [0.5, 0.6) is 0 Å². The Labute approximate surface area is 133 Å². The largest absolute Gasteiger partial charge is 0.352 e. The minimum absolute atomic E-state index is 0.534. The standard InChI is InChI=1S/C13H18Cl2N6/c1-16-13(17-5-9-6-19-20(2)8-9)18-7-10-4-11(14)12(15)21(10)3/h4,6,8H,5,7H2,1-3H3,(H2,16,17,18). The molecule has 2 heterocycles. The second-order valence-corrected chi connectivity index (χ2v) is 5.40. The number of hydrogen-bond donors (Lipinski definition) is 2. The highest BCUT2D eigenvalue weighted by atomic mass is 35.5. The number of nitrogens with one attached hydrogen (secondary N) is 2. The van der Waals surface area contributed by atoms with Crippen molar-refractivity contribution in [3.05, 3.63) is 39.9 Å². The number of aliphatic imine (C=N–C) groups is 1. The van der Waals surface area contributed by atoms with Gasteiger partial charge in [0.2, 0.25) is 0 Å². The van der Waals surface area contributed by atoms with Gasteiger partial charge in [0.25, 0.3) is 0 Å². The predicted molar refractivity (Wildman–Crippen MR) is 85.7 cm³/mol. The lowest BCUT2D eigenvalue weighted by molar-refractivity contribution is 0.748. The van der Waals surface area contributed by atoms with Crippen molar-refractivity contribution in [3.8, 4) is 0 Å². The molecule has 21 heavy (non-hydrogen) atoms. The summed E-state index contributed by atoms with van der Waals surface area (Å²) < 4.78 is 3.60. The second kappa shape index (κ2) is 6.87. The Kier molecular flexibility index (Phi) is 5.14. The van der Waals surface area contributed by atoms with Crippen LogP contribution in [0.15, 0.2) is 23.5 Å². The average Bonchev–Trinajstić information content (AvgIpc) is 2.98. The van der Waals surface area contributed by atoms with Gasteiger partial charge >= 0.3 is 0 Å². The van der Waals surface area contributed by atoms with E-state index in [-0.39, 0.29) is 0 Å². The van der Waals surface area contributed by atoms with Crippen LogP contribution in [0.4, 0.5) is 0 Å². The van der Waals surface area contributed by atoms with Gasteiger partial charge in [-0.25, -0.2) is 0 Å². The molecule has 2 aromatic rings. The highest BCUT2D eigenvalue weighted by Crippen LogP contribution is 2.24. The summed E-state index contributed by atoms with van der Waals surface area (Å²) in [6, 6.07) is 1.84. The van der Waals surface area contributed by atoms with Crippen molar-refractivity contribution < 1.29 is 0 Å². The van der Waals surface area contributed by atoms with E-state index in [1.54, 1.807) is 11.7 Å². The molecule has 2 aromatic heterocycles. The number of aryl methyl sites for hydroxylation is 1. The summed E-state index contributed by atoms with van der Waals surface area (Å²) in [6.45, 7) is 1.23. The molecule has 0 spiro atoms. The van der Waals surface area contributed by atoms with Gasteiger partial charge in [-0.2, -0.15) is 5.10 Å². The van der Waals surface area contributed by atoms with Gasteiger partial charge in [0.1, 0.15) is 5.15 Å². The molecule has 0 saturated heterocycles. The number of rotatable bonds is 4. The van der Waals surface area contributed by atoms with E-state index in [1.807, 2.05) is 37.1 Å². The maximum atomic E-state index is 6.04. The van der Waals surface area contributed by atoms with Gasteiger partial charge < -0.3 is 15.2 Å². The first-order valence-electron chi connectivity index (χ1n) is 6.43. The van der Waals surface area contributed by atoms with Crippen LogP contribution in [0.3, 0.4) is 0 Å². The van der Waals surface area contributed by atoms with E-state index in [1.165, 1.54) is 0 Å². The number of hydrogen-bond acceptors (Lipinski definition) is 2. The average molecular weight is 329 g/mol. The summed E-state index contributed by atoms with van der Waals surface area (Å²) in [5.41, 5.74) is 2.07. The summed E-state index contributed by atoms with van der Waals surface area (Å²) in [5.74, 6) is 0.701. The van der Waals surface area contributed by atoms with E-state index in [0.29, 0.717) is 29.2 Å². The van der Waals surface area contributed by atoms with Crippen molar-refractivity contribution >= 4 is 29.2 Å². The highest BCUT2D eigenvalue weighted by Gasteiger charge is 2.09. The fourth-order valence-corrected chi connectivity index (χ4v) is 2.32. The van der Waals surface area contributed by atoms with Crippen molar-refractivity contribution in [1.29, 1.82) is 0 Å². The van der Waals surface area contributed by atoms with E-state index < -0.39 is 0 Å². The Hall–Kier alpha value is -1.66. The molecule has 0 aliphatic rings. The van der Waals surface area contributed by atoms with Gasteiger partial charge in [0.15, 0.2) is 5.96 Å². The third kappa shape index (κ3) is 3.92. The van der Waals surface area contributed by atoms with Gasteiger partial charge in [0.05, 0.1) is 17.8 Å². The Balaban J connectivity index is 1.89. The van der Waals surface area contributed by atoms with Crippen LogP contribution in [-0.2, 0) is 27.2 Å². The first-order chi connectivity index (χ1) is 10.0. The van der Waals surface area contributed by atoms with E-state index in [0.717, 1.165) is 11.3 Å². The number of aromatic nitrogens is 3. The molecular weight excluding hydrogens is 311 g/mol. The molecule has 0 amide bonds. The van der Waals surface area contributed by atoms with Crippen LogP contribution in [0, 0.1) is 0 Å². The molecule has 0 atom stereocenters. The first-order valence-corrected chi connectivity index (χ1v) is 7.18. The molecule has 0 saturated carbocycles. The summed E-state index contributed by atoms with van der Waals surface area (Å²) >= 11 is 12.0. The summed E-state index contributed by atoms with van der Waals surface area (Å²) in [6.07, 6.45) is 3.77. The molecule has 8 heteroatoms. The molecule has 0 fully saturated rings. The van der Waals surface area contributed by atoms with Crippen LogP contribution in [0.25, 0.3) is 0 Å². The van der Waals surface area contributed by atoms with Crippen LogP contribution in [-0.4, -0.2) is 27.4 Å². The zero-order valence-corrected chi connectivity index (χ0v) is 13.7. The van der Waals surface area contributed by atoms with Gasteiger partial charge in [-0.15, -0.1) is 0 Å². The molecule has 2 rings (SSSR count). The van der Waals surface area contributed by atoms with Crippen LogP contribution >= 0.6 is 23.2 Å². The minimum atomic E-state index is 0.534. The minimum Gasteiger partial charge on any atom is -0.352 e. The number of halogens is 2. The Morgan fingerprint density at radius 2 is 2.00 bits per heavy atom. The fourth-order valence-electron chi connectivity index (χ4n) is 1.90. The smallest absolute Gasteiger partial charge is 0.191 e. The quantitative estimate of drug-likeness (QED) is 0.666. The summed E-state index contributed by atoms with van der Waals surface area (Å²) in [4.78, 5) is 4.18. The van der Waals surface area contributed by atoms with Crippen LogP contribution in [0.2, 0.25) is 10.2 Å². The second-order valence-electron chi connectivity index (χ2n) is 4.64. The van der Waals surface area contributed by atoms with Crippen molar-refractivity contribution in [2.45, 2.75) is 13.1 Å². The molecule has 0 aliphatic heterocycles. The molecular formula is C13H18Cl2N6. The predicted octanol–water partition coefficient (Wildman–Crippen LogP) is 1.93. The fraction of sp³-hybridized carbons (Fsp3) is 0.385. The van der Waals surface area contributed by atoms with E-state index in [4.69, 9.17) is 23.2 Å². The Morgan fingerprint density at radius 1 is 1.29 bits per heavy atom. The first kappa shape index (κ1) is 15.7. The third-order valence-corrected chi connectivity index (χ3v) is 3.94.